The van der Waals surface area contributed by atoms with Crippen LogP contribution in [0.25, 0.3) is 0 Å². The van der Waals surface area contributed by atoms with Gasteiger partial charge in [-0.05, 0) is 30.7 Å². The second-order valence-corrected chi connectivity index (χ2v) is 6.20. The van der Waals surface area contributed by atoms with Crippen LogP contribution in [0.5, 0.6) is 0 Å². The van der Waals surface area contributed by atoms with Gasteiger partial charge >= 0.3 is 0 Å². The van der Waals surface area contributed by atoms with Crippen LogP contribution in [0, 0.1) is 6.92 Å². The van der Waals surface area contributed by atoms with Gasteiger partial charge in [-0.1, -0.05) is 36.4 Å². The quantitative estimate of drug-likeness (QED) is 0.744. The first kappa shape index (κ1) is 17.6. The van der Waals surface area contributed by atoms with Crippen molar-refractivity contribution in [2.75, 3.05) is 11.9 Å². The van der Waals surface area contributed by atoms with Crippen molar-refractivity contribution in [3.8, 4) is 0 Å². The smallest absolute Gasteiger partial charge is 0.253 e. The molecule has 1 amide bonds. The van der Waals surface area contributed by atoms with Gasteiger partial charge in [0.05, 0.1) is 5.56 Å². The molecule has 3 aromatic rings. The molecule has 0 unspecified atom stereocenters. The van der Waals surface area contributed by atoms with Gasteiger partial charge in [-0.25, -0.2) is 4.98 Å². The number of benzene rings is 1. The van der Waals surface area contributed by atoms with E-state index in [0.29, 0.717) is 12.1 Å². The highest BCUT2D eigenvalue weighted by atomic mass is 16.1. The number of hydrogen-bond donors (Lipinski definition) is 1. The number of rotatable bonds is 6. The van der Waals surface area contributed by atoms with E-state index in [4.69, 9.17) is 0 Å². The lowest BCUT2D eigenvalue weighted by atomic mass is 10.2. The maximum absolute atomic E-state index is 12.3. The fourth-order valence-electron chi connectivity index (χ4n) is 2.72. The van der Waals surface area contributed by atoms with E-state index >= 15 is 0 Å². The van der Waals surface area contributed by atoms with Gasteiger partial charge in [-0.15, -0.1) is 0 Å². The van der Waals surface area contributed by atoms with Gasteiger partial charge in [-0.2, -0.15) is 0 Å². The number of aromatic nitrogens is 2. The summed E-state index contributed by atoms with van der Waals surface area (Å²) in [7, 11) is 2.00. The minimum Gasteiger partial charge on any atom is -0.355 e. The van der Waals surface area contributed by atoms with Crippen LogP contribution in [0.1, 0.15) is 27.2 Å². The topological polar surface area (TPSA) is 58.1 Å². The number of hydrogen-bond acceptors (Lipinski definition) is 4. The largest absolute Gasteiger partial charge is 0.355 e. The van der Waals surface area contributed by atoms with Crippen LogP contribution in [0.15, 0.2) is 67.0 Å². The van der Waals surface area contributed by atoms with Gasteiger partial charge in [0.15, 0.2) is 0 Å². The summed E-state index contributed by atoms with van der Waals surface area (Å²) in [6.45, 7) is 3.06. The fraction of sp³-hybridized carbons (Fsp3) is 0.190. The Hall–Kier alpha value is -3.21. The van der Waals surface area contributed by atoms with Crippen molar-refractivity contribution in [3.05, 3.63) is 89.4 Å². The van der Waals surface area contributed by atoms with Gasteiger partial charge in [0.1, 0.15) is 5.82 Å². The van der Waals surface area contributed by atoms with Crippen LogP contribution in [-0.4, -0.2) is 22.9 Å². The highest BCUT2D eigenvalue weighted by molar-refractivity contribution is 5.93. The van der Waals surface area contributed by atoms with Crippen molar-refractivity contribution in [3.63, 3.8) is 0 Å². The molecule has 0 radical (unpaired) electrons. The van der Waals surface area contributed by atoms with E-state index in [1.165, 1.54) is 5.56 Å². The minimum atomic E-state index is -0.141. The van der Waals surface area contributed by atoms with Crippen molar-refractivity contribution < 1.29 is 4.79 Å². The standard InChI is InChI=1S/C21H22N4O/c1-16-10-11-19(14-23-16)21(26)24-13-18-9-6-12-22-20(18)25(2)15-17-7-4-3-5-8-17/h3-12,14H,13,15H2,1-2H3,(H,24,26). The molecule has 1 N–H and O–H groups in total. The Bertz CT molecular complexity index is 863. The van der Waals surface area contributed by atoms with Crippen LogP contribution in [0.4, 0.5) is 5.82 Å². The summed E-state index contributed by atoms with van der Waals surface area (Å²) in [6.07, 6.45) is 3.36. The average molecular weight is 346 g/mol. The molecule has 0 aliphatic carbocycles. The lowest BCUT2D eigenvalue weighted by molar-refractivity contribution is 0.0950. The van der Waals surface area contributed by atoms with Crippen molar-refractivity contribution in [1.82, 2.24) is 15.3 Å². The van der Waals surface area contributed by atoms with E-state index in [2.05, 4.69) is 32.3 Å². The van der Waals surface area contributed by atoms with Crippen molar-refractivity contribution in [2.45, 2.75) is 20.0 Å². The van der Waals surface area contributed by atoms with Crippen LogP contribution in [0.2, 0.25) is 0 Å². The summed E-state index contributed by atoms with van der Waals surface area (Å²) >= 11 is 0. The van der Waals surface area contributed by atoms with Crippen molar-refractivity contribution in [2.24, 2.45) is 0 Å². The first-order chi connectivity index (χ1) is 12.6. The summed E-state index contributed by atoms with van der Waals surface area (Å²) in [5.41, 5.74) is 3.62. The van der Waals surface area contributed by atoms with Crippen molar-refractivity contribution in [1.29, 1.82) is 0 Å². The lowest BCUT2D eigenvalue weighted by Crippen LogP contribution is -2.25. The molecular weight excluding hydrogens is 324 g/mol. The normalized spacial score (nSPS) is 10.4. The molecule has 132 valence electrons. The van der Waals surface area contributed by atoms with E-state index < -0.39 is 0 Å². The number of nitrogens with zero attached hydrogens (tertiary/aromatic N) is 3. The Morgan fingerprint density at radius 3 is 2.58 bits per heavy atom. The van der Waals surface area contributed by atoms with E-state index in [-0.39, 0.29) is 5.91 Å². The number of carbonyl (C=O) groups is 1. The Kier molecular flexibility index (Phi) is 5.59. The number of aryl methyl sites for hydroxylation is 1. The molecular formula is C21H22N4O. The van der Waals surface area contributed by atoms with Gasteiger partial charge in [0.25, 0.3) is 5.91 Å². The Morgan fingerprint density at radius 1 is 1.04 bits per heavy atom. The monoisotopic (exact) mass is 346 g/mol. The van der Waals surface area contributed by atoms with E-state index in [0.717, 1.165) is 23.6 Å². The van der Waals surface area contributed by atoms with Crippen LogP contribution in [-0.2, 0) is 13.1 Å². The van der Waals surface area contributed by atoms with Crippen LogP contribution < -0.4 is 10.2 Å². The average Bonchev–Trinajstić information content (AvgIpc) is 2.67. The third-order valence-corrected chi connectivity index (χ3v) is 4.10. The highest BCUT2D eigenvalue weighted by Crippen LogP contribution is 2.18. The molecule has 2 heterocycles. The Morgan fingerprint density at radius 2 is 1.85 bits per heavy atom. The minimum absolute atomic E-state index is 0.141. The molecule has 0 saturated heterocycles. The molecule has 0 atom stereocenters. The molecule has 0 aliphatic heterocycles. The van der Waals surface area contributed by atoms with Gasteiger partial charge in [0.2, 0.25) is 0 Å². The van der Waals surface area contributed by atoms with Gasteiger partial charge < -0.3 is 10.2 Å². The SMILES string of the molecule is Cc1ccc(C(=O)NCc2cccnc2N(C)Cc2ccccc2)cn1. The number of anilines is 1. The fourth-order valence-corrected chi connectivity index (χ4v) is 2.72. The maximum Gasteiger partial charge on any atom is 0.253 e. The lowest BCUT2D eigenvalue weighted by Gasteiger charge is -2.21. The molecule has 0 fully saturated rings. The number of amides is 1. The molecule has 1 aromatic carbocycles. The highest BCUT2D eigenvalue weighted by Gasteiger charge is 2.11. The Balaban J connectivity index is 1.68. The molecule has 0 bridgehead atoms. The summed E-state index contributed by atoms with van der Waals surface area (Å²) < 4.78 is 0. The van der Waals surface area contributed by atoms with Crippen molar-refractivity contribution >= 4 is 11.7 Å². The summed E-state index contributed by atoms with van der Waals surface area (Å²) in [6, 6.07) is 17.7. The first-order valence-corrected chi connectivity index (χ1v) is 8.53. The number of nitrogens with one attached hydrogen (secondary N) is 1. The van der Waals surface area contributed by atoms with Crippen LogP contribution in [0.3, 0.4) is 0 Å². The third-order valence-electron chi connectivity index (χ3n) is 4.10. The second-order valence-electron chi connectivity index (χ2n) is 6.20. The first-order valence-electron chi connectivity index (χ1n) is 8.53. The number of pyridine rings is 2. The molecule has 5 heteroatoms. The predicted molar refractivity (Wildman–Crippen MR) is 103 cm³/mol. The maximum atomic E-state index is 12.3. The van der Waals surface area contributed by atoms with Crippen LogP contribution >= 0.6 is 0 Å². The van der Waals surface area contributed by atoms with E-state index in [1.807, 2.05) is 50.4 Å². The zero-order valence-electron chi connectivity index (χ0n) is 15.0. The molecule has 0 spiro atoms. The van der Waals surface area contributed by atoms with E-state index in [1.54, 1.807) is 18.5 Å². The third kappa shape index (κ3) is 4.45. The zero-order chi connectivity index (χ0) is 18.4. The number of carbonyl (C=O) groups excluding carboxylic acids is 1. The molecule has 2 aromatic heterocycles. The van der Waals surface area contributed by atoms with E-state index in [9.17, 15) is 4.79 Å². The Labute approximate surface area is 153 Å². The summed E-state index contributed by atoms with van der Waals surface area (Å²) in [4.78, 5) is 23.1. The second kappa shape index (κ2) is 8.25. The van der Waals surface area contributed by atoms with Gasteiger partial charge in [-0.3, -0.25) is 9.78 Å². The molecule has 3 rings (SSSR count). The molecule has 5 nitrogen and oxygen atoms in total. The summed E-state index contributed by atoms with van der Waals surface area (Å²) in [5, 5.41) is 2.95. The zero-order valence-corrected chi connectivity index (χ0v) is 15.0. The van der Waals surface area contributed by atoms with Gasteiger partial charge in [0, 0.05) is 43.8 Å². The molecule has 0 aliphatic rings. The molecule has 0 saturated carbocycles. The predicted octanol–water partition coefficient (Wildman–Crippen LogP) is 3.35. The summed E-state index contributed by atoms with van der Waals surface area (Å²) in [5.74, 6) is 0.719. The molecule has 26 heavy (non-hydrogen) atoms.